The van der Waals surface area contributed by atoms with Crippen molar-refractivity contribution in [3.63, 3.8) is 0 Å². The third kappa shape index (κ3) is 2.64. The Bertz CT molecular complexity index is 870. The Morgan fingerprint density at radius 1 is 0.870 bits per heavy atom. The van der Waals surface area contributed by atoms with Crippen LogP contribution in [-0.2, 0) is 0 Å². The minimum Gasteiger partial charge on any atom is -0.361 e. The molecule has 0 unspecified atom stereocenters. The molecule has 1 aliphatic heterocycles. The smallest absolute Gasteiger partial charge is 0.0729 e. The van der Waals surface area contributed by atoms with Crippen LogP contribution in [-0.4, -0.2) is 16.2 Å². The Morgan fingerprint density at radius 2 is 1.65 bits per heavy atom. The Morgan fingerprint density at radius 3 is 2.30 bits per heavy atom. The van der Waals surface area contributed by atoms with E-state index in [9.17, 15) is 0 Å². The van der Waals surface area contributed by atoms with E-state index in [1.54, 1.807) is 0 Å². The Hall–Kier alpha value is -3.20. The Labute approximate surface area is 134 Å². The number of rotatable bonds is 3. The van der Waals surface area contributed by atoms with Gasteiger partial charge in [0.25, 0.3) is 0 Å². The summed E-state index contributed by atoms with van der Waals surface area (Å²) in [5.41, 5.74) is 6.64. The number of nitrogens with zero attached hydrogens (tertiary/aromatic N) is 2. The molecule has 3 aromatic rings. The van der Waals surface area contributed by atoms with Gasteiger partial charge in [-0.3, -0.25) is 9.98 Å². The van der Waals surface area contributed by atoms with E-state index >= 15 is 0 Å². The highest BCUT2D eigenvalue weighted by Gasteiger charge is 2.12. The molecule has 0 amide bonds. The van der Waals surface area contributed by atoms with Crippen LogP contribution in [0.1, 0.15) is 11.3 Å². The molecule has 0 saturated heterocycles. The number of pyridine rings is 1. The number of aromatic amines is 1. The predicted octanol–water partition coefficient (Wildman–Crippen LogP) is 4.48. The molecular weight excluding hydrogens is 282 g/mol. The van der Waals surface area contributed by atoms with Gasteiger partial charge in [0.1, 0.15) is 0 Å². The summed E-state index contributed by atoms with van der Waals surface area (Å²) >= 11 is 0. The van der Waals surface area contributed by atoms with Crippen molar-refractivity contribution in [3.8, 4) is 11.1 Å². The minimum atomic E-state index is 0.976. The van der Waals surface area contributed by atoms with Crippen molar-refractivity contribution in [2.24, 2.45) is 4.99 Å². The third-order valence-electron chi connectivity index (χ3n) is 3.86. The third-order valence-corrected chi connectivity index (χ3v) is 3.86. The monoisotopic (exact) mass is 297 g/mol. The quantitative estimate of drug-likeness (QED) is 0.761. The predicted molar refractivity (Wildman–Crippen MR) is 94.1 cm³/mol. The fourth-order valence-electron chi connectivity index (χ4n) is 2.75. The number of nitrogens with one attached hydrogen (secondary N) is 1. The first-order valence-electron chi connectivity index (χ1n) is 7.51. The second kappa shape index (κ2) is 5.89. The molecule has 3 heterocycles. The molecule has 1 aliphatic rings. The topological polar surface area (TPSA) is 41.0 Å². The minimum absolute atomic E-state index is 0.976. The van der Waals surface area contributed by atoms with Crippen LogP contribution >= 0.6 is 0 Å². The fraction of sp³-hybridized carbons (Fsp3) is 0. The van der Waals surface area contributed by atoms with Crippen molar-refractivity contribution in [2.45, 2.75) is 0 Å². The zero-order valence-corrected chi connectivity index (χ0v) is 12.5. The number of H-pyrrole nitrogens is 1. The maximum absolute atomic E-state index is 4.46. The van der Waals surface area contributed by atoms with Crippen molar-refractivity contribution < 1.29 is 0 Å². The number of aliphatic imine (C=N–C) groups is 1. The van der Waals surface area contributed by atoms with E-state index in [-0.39, 0.29) is 0 Å². The van der Waals surface area contributed by atoms with Gasteiger partial charge in [-0.2, -0.15) is 0 Å². The highest BCUT2D eigenvalue weighted by atomic mass is 14.8. The summed E-state index contributed by atoms with van der Waals surface area (Å²) in [5, 5.41) is 0. The first-order valence-corrected chi connectivity index (χ1v) is 7.51. The van der Waals surface area contributed by atoms with Gasteiger partial charge in [0.05, 0.1) is 5.70 Å². The van der Waals surface area contributed by atoms with E-state index < -0.39 is 0 Å². The number of aromatic nitrogens is 2. The van der Waals surface area contributed by atoms with Crippen molar-refractivity contribution in [1.82, 2.24) is 9.97 Å². The zero-order valence-electron chi connectivity index (χ0n) is 12.5. The van der Waals surface area contributed by atoms with Crippen LogP contribution in [0.5, 0.6) is 0 Å². The van der Waals surface area contributed by atoms with E-state index in [4.69, 9.17) is 0 Å². The molecule has 0 spiro atoms. The molecule has 0 atom stereocenters. The molecule has 1 N–H and O–H groups in total. The lowest BCUT2D eigenvalue weighted by atomic mass is 9.97. The summed E-state index contributed by atoms with van der Waals surface area (Å²) in [7, 11) is 0. The lowest BCUT2D eigenvalue weighted by molar-refractivity contribution is 1.31. The average molecular weight is 297 g/mol. The average Bonchev–Trinajstić information content (AvgIpc) is 3.31. The van der Waals surface area contributed by atoms with Crippen LogP contribution in [0.15, 0.2) is 90.0 Å². The second-order valence-corrected chi connectivity index (χ2v) is 5.29. The van der Waals surface area contributed by atoms with Gasteiger partial charge < -0.3 is 4.98 Å². The van der Waals surface area contributed by atoms with Gasteiger partial charge in [0.15, 0.2) is 0 Å². The summed E-state index contributed by atoms with van der Waals surface area (Å²) < 4.78 is 0. The van der Waals surface area contributed by atoms with Gasteiger partial charge >= 0.3 is 0 Å². The Balaban J connectivity index is 1.78. The molecule has 0 fully saturated rings. The van der Waals surface area contributed by atoms with Crippen LogP contribution in [0, 0.1) is 0 Å². The van der Waals surface area contributed by atoms with Gasteiger partial charge in [-0.15, -0.1) is 0 Å². The number of hydrogen-bond donors (Lipinski definition) is 1. The molecule has 3 heteroatoms. The van der Waals surface area contributed by atoms with E-state index in [2.05, 4.69) is 45.3 Å². The van der Waals surface area contributed by atoms with Crippen LogP contribution < -0.4 is 0 Å². The normalized spacial score (nSPS) is 15.1. The van der Waals surface area contributed by atoms with Crippen molar-refractivity contribution in [2.75, 3.05) is 0 Å². The summed E-state index contributed by atoms with van der Waals surface area (Å²) in [6.45, 7) is 0. The van der Waals surface area contributed by atoms with Crippen LogP contribution in [0.4, 0.5) is 0 Å². The van der Waals surface area contributed by atoms with Gasteiger partial charge in [-0.25, -0.2) is 0 Å². The lowest BCUT2D eigenvalue weighted by Crippen LogP contribution is -1.92. The number of allylic oxidation sites excluding steroid dienone is 2. The highest BCUT2D eigenvalue weighted by Crippen LogP contribution is 2.30. The summed E-state index contributed by atoms with van der Waals surface area (Å²) in [4.78, 5) is 11.8. The highest BCUT2D eigenvalue weighted by molar-refractivity contribution is 5.88. The maximum atomic E-state index is 4.46. The Kier molecular flexibility index (Phi) is 3.45. The molecule has 0 radical (unpaired) electrons. The first kappa shape index (κ1) is 13.5. The van der Waals surface area contributed by atoms with Gasteiger partial charge in [0, 0.05) is 36.1 Å². The molecule has 0 saturated carbocycles. The fourth-order valence-corrected chi connectivity index (χ4v) is 2.75. The van der Waals surface area contributed by atoms with Crippen molar-refractivity contribution >= 4 is 11.8 Å². The van der Waals surface area contributed by atoms with E-state index in [1.807, 2.05) is 55.2 Å². The van der Waals surface area contributed by atoms with Crippen LogP contribution in [0.2, 0.25) is 0 Å². The maximum Gasteiger partial charge on any atom is 0.0729 e. The largest absolute Gasteiger partial charge is 0.361 e. The van der Waals surface area contributed by atoms with E-state index in [0.29, 0.717) is 0 Å². The molecular formula is C20H15N3. The molecule has 0 aliphatic carbocycles. The second-order valence-electron chi connectivity index (χ2n) is 5.29. The standard InChI is InChI=1S/C20H15N3/c1-3-18(22-11-1)20(19-4-2-12-23-19)17-7-5-15(6-8-17)16-9-13-21-14-10-16/h1-14,22H/b20-19+. The molecule has 23 heavy (non-hydrogen) atoms. The summed E-state index contributed by atoms with van der Waals surface area (Å²) in [5.74, 6) is 0. The van der Waals surface area contributed by atoms with Crippen molar-refractivity contribution in [3.05, 3.63) is 96.2 Å². The first-order chi connectivity index (χ1) is 11.4. The number of hydrogen-bond acceptors (Lipinski definition) is 2. The van der Waals surface area contributed by atoms with Gasteiger partial charge in [-0.05, 0) is 53.1 Å². The molecule has 110 valence electrons. The van der Waals surface area contributed by atoms with Crippen LogP contribution in [0.25, 0.3) is 16.7 Å². The van der Waals surface area contributed by atoms with Crippen molar-refractivity contribution in [1.29, 1.82) is 0 Å². The molecule has 1 aromatic carbocycles. The molecule has 4 rings (SSSR count). The van der Waals surface area contributed by atoms with Crippen LogP contribution in [0.3, 0.4) is 0 Å². The SMILES string of the molecule is C1=C/C(=C(/c2ccc(-c3ccncc3)cc2)c2ccc[nH]2)N=C1. The van der Waals surface area contributed by atoms with Gasteiger partial charge in [-0.1, -0.05) is 24.3 Å². The summed E-state index contributed by atoms with van der Waals surface area (Å²) in [6, 6.07) is 16.7. The zero-order chi connectivity index (χ0) is 15.5. The molecule has 2 aromatic heterocycles. The van der Waals surface area contributed by atoms with Gasteiger partial charge in [0.2, 0.25) is 0 Å². The van der Waals surface area contributed by atoms with E-state index in [1.165, 1.54) is 11.1 Å². The summed E-state index contributed by atoms with van der Waals surface area (Å²) in [6.07, 6.45) is 11.4. The lowest BCUT2D eigenvalue weighted by Gasteiger charge is -2.09. The molecule has 0 bridgehead atoms. The number of benzene rings is 1. The molecule has 3 nitrogen and oxygen atoms in total. The van der Waals surface area contributed by atoms with E-state index in [0.717, 1.165) is 22.5 Å².